The number of nitrogens with two attached hydrogens (primary N) is 1. The summed E-state index contributed by atoms with van der Waals surface area (Å²) in [5, 5.41) is 1.40. The van der Waals surface area contributed by atoms with Crippen molar-refractivity contribution in [3.63, 3.8) is 0 Å². The van der Waals surface area contributed by atoms with Crippen molar-refractivity contribution in [1.82, 2.24) is 0 Å². The van der Waals surface area contributed by atoms with Crippen molar-refractivity contribution in [3.8, 4) is 0 Å². The van der Waals surface area contributed by atoms with Gasteiger partial charge in [-0.25, -0.2) is 8.42 Å². The topological polar surface area (TPSA) is 92.5 Å². The highest BCUT2D eigenvalue weighted by Crippen LogP contribution is 2.26. The van der Waals surface area contributed by atoms with Crippen molar-refractivity contribution < 1.29 is 13.2 Å². The minimum atomic E-state index is -3.75. The number of primary amides is 1. The van der Waals surface area contributed by atoms with Gasteiger partial charge in [0.25, 0.3) is 15.9 Å². The molecule has 0 fully saturated rings. The van der Waals surface area contributed by atoms with Crippen LogP contribution in [0.1, 0.15) is 29.1 Å². The standard InChI is InChI=1S/C16H21N3O3S2/c1-4-19(5-2)12-6-7-14(11(3)8-12)18-24(21,22)13-9-15(16(17)20)23-10-13/h6-10,18H,4-5H2,1-3H3,(H2,17,20). The summed E-state index contributed by atoms with van der Waals surface area (Å²) in [7, 11) is -3.75. The zero-order valence-electron chi connectivity index (χ0n) is 13.9. The Balaban J connectivity index is 2.27. The fraction of sp³-hybridized carbons (Fsp3) is 0.312. The number of aryl methyl sites for hydroxylation is 1. The first-order valence-electron chi connectivity index (χ1n) is 7.55. The first-order valence-corrected chi connectivity index (χ1v) is 9.91. The Morgan fingerprint density at radius 2 is 1.92 bits per heavy atom. The number of amides is 1. The molecule has 0 radical (unpaired) electrons. The molecular formula is C16H21N3O3S2. The summed E-state index contributed by atoms with van der Waals surface area (Å²) in [4.78, 5) is 13.6. The van der Waals surface area contributed by atoms with Crippen LogP contribution in [-0.4, -0.2) is 27.4 Å². The van der Waals surface area contributed by atoms with E-state index in [0.29, 0.717) is 5.69 Å². The van der Waals surface area contributed by atoms with Gasteiger partial charge < -0.3 is 10.6 Å². The summed E-state index contributed by atoms with van der Waals surface area (Å²) in [6.45, 7) is 7.76. The van der Waals surface area contributed by atoms with E-state index in [4.69, 9.17) is 5.73 Å². The molecule has 0 atom stereocenters. The van der Waals surface area contributed by atoms with Crippen LogP contribution in [0.2, 0.25) is 0 Å². The molecule has 1 heterocycles. The van der Waals surface area contributed by atoms with E-state index >= 15 is 0 Å². The Bertz CT molecular complexity index is 840. The van der Waals surface area contributed by atoms with Crippen LogP contribution in [-0.2, 0) is 10.0 Å². The van der Waals surface area contributed by atoms with Gasteiger partial charge in [0, 0.05) is 24.2 Å². The fourth-order valence-corrected chi connectivity index (χ4v) is 4.60. The molecule has 0 saturated heterocycles. The van der Waals surface area contributed by atoms with Crippen LogP contribution < -0.4 is 15.4 Å². The van der Waals surface area contributed by atoms with Gasteiger partial charge in [-0.1, -0.05) is 0 Å². The van der Waals surface area contributed by atoms with Crippen LogP contribution in [0.3, 0.4) is 0 Å². The molecule has 8 heteroatoms. The van der Waals surface area contributed by atoms with Gasteiger partial charge in [0.1, 0.15) is 0 Å². The van der Waals surface area contributed by atoms with Crippen LogP contribution in [0.25, 0.3) is 0 Å². The number of carbonyl (C=O) groups excluding carboxylic acids is 1. The molecule has 3 N–H and O–H groups in total. The predicted molar refractivity (Wildman–Crippen MR) is 98.4 cm³/mol. The van der Waals surface area contributed by atoms with E-state index in [1.54, 1.807) is 6.07 Å². The number of anilines is 2. The lowest BCUT2D eigenvalue weighted by Crippen LogP contribution is -2.22. The molecule has 1 aromatic heterocycles. The monoisotopic (exact) mass is 367 g/mol. The second-order valence-electron chi connectivity index (χ2n) is 5.29. The van der Waals surface area contributed by atoms with E-state index in [9.17, 15) is 13.2 Å². The van der Waals surface area contributed by atoms with Crippen LogP contribution >= 0.6 is 11.3 Å². The number of nitrogens with zero attached hydrogens (tertiary/aromatic N) is 1. The number of sulfonamides is 1. The predicted octanol–water partition coefficient (Wildman–Crippen LogP) is 2.80. The highest BCUT2D eigenvalue weighted by Gasteiger charge is 2.19. The third kappa shape index (κ3) is 3.88. The second kappa shape index (κ2) is 7.23. The molecule has 0 aliphatic heterocycles. The van der Waals surface area contributed by atoms with Crippen molar-refractivity contribution in [1.29, 1.82) is 0 Å². The largest absolute Gasteiger partial charge is 0.372 e. The summed E-state index contributed by atoms with van der Waals surface area (Å²) in [5.41, 5.74) is 7.56. The number of rotatable bonds is 7. The maximum atomic E-state index is 12.5. The molecule has 0 unspecified atom stereocenters. The van der Waals surface area contributed by atoms with Gasteiger partial charge >= 0.3 is 0 Å². The van der Waals surface area contributed by atoms with Crippen molar-refractivity contribution in [3.05, 3.63) is 40.1 Å². The molecule has 130 valence electrons. The average molecular weight is 367 g/mol. The Hall–Kier alpha value is -2.06. The zero-order valence-corrected chi connectivity index (χ0v) is 15.5. The quantitative estimate of drug-likeness (QED) is 0.787. The summed E-state index contributed by atoms with van der Waals surface area (Å²) in [6.07, 6.45) is 0. The van der Waals surface area contributed by atoms with Crippen molar-refractivity contribution in [2.45, 2.75) is 25.7 Å². The number of hydrogen-bond donors (Lipinski definition) is 2. The average Bonchev–Trinajstić information content (AvgIpc) is 3.02. The van der Waals surface area contributed by atoms with Crippen LogP contribution in [0.15, 0.2) is 34.5 Å². The van der Waals surface area contributed by atoms with Gasteiger partial charge in [0.2, 0.25) is 0 Å². The first kappa shape index (κ1) is 18.3. The van der Waals surface area contributed by atoms with Crippen LogP contribution in [0, 0.1) is 6.92 Å². The van der Waals surface area contributed by atoms with Gasteiger partial charge in [0.15, 0.2) is 0 Å². The lowest BCUT2D eigenvalue weighted by molar-refractivity contribution is 0.100. The molecule has 2 aromatic rings. The maximum absolute atomic E-state index is 12.5. The molecule has 1 aromatic carbocycles. The molecule has 0 spiro atoms. The van der Waals surface area contributed by atoms with Crippen molar-refractivity contribution in [2.24, 2.45) is 5.73 Å². The first-order chi connectivity index (χ1) is 11.3. The summed E-state index contributed by atoms with van der Waals surface area (Å²) in [6, 6.07) is 6.88. The van der Waals surface area contributed by atoms with Crippen molar-refractivity contribution >= 4 is 38.6 Å². The van der Waals surface area contributed by atoms with E-state index < -0.39 is 15.9 Å². The third-order valence-corrected chi connectivity index (χ3v) is 6.15. The highest BCUT2D eigenvalue weighted by atomic mass is 32.2. The van der Waals surface area contributed by atoms with Crippen molar-refractivity contribution in [2.75, 3.05) is 22.7 Å². The summed E-state index contributed by atoms with van der Waals surface area (Å²) < 4.78 is 27.5. The Labute approximate surface area is 146 Å². The van der Waals surface area contributed by atoms with E-state index in [1.165, 1.54) is 11.4 Å². The van der Waals surface area contributed by atoms with E-state index in [-0.39, 0.29) is 9.77 Å². The highest BCUT2D eigenvalue weighted by molar-refractivity contribution is 7.92. The summed E-state index contributed by atoms with van der Waals surface area (Å²) >= 11 is 1.01. The lowest BCUT2D eigenvalue weighted by Gasteiger charge is -2.22. The third-order valence-electron chi connectivity index (χ3n) is 3.71. The fourth-order valence-electron chi connectivity index (χ4n) is 2.34. The molecule has 0 bridgehead atoms. The van der Waals surface area contributed by atoms with Crippen LogP contribution in [0.5, 0.6) is 0 Å². The number of thiophene rings is 1. The molecule has 1 amide bonds. The van der Waals surface area contributed by atoms with E-state index in [0.717, 1.165) is 35.7 Å². The molecule has 6 nitrogen and oxygen atoms in total. The number of carbonyl (C=O) groups is 1. The smallest absolute Gasteiger partial charge is 0.262 e. The number of hydrogen-bond acceptors (Lipinski definition) is 5. The summed E-state index contributed by atoms with van der Waals surface area (Å²) in [5.74, 6) is -0.638. The van der Waals surface area contributed by atoms with E-state index in [1.807, 2.05) is 19.1 Å². The second-order valence-corrected chi connectivity index (χ2v) is 7.88. The molecular weight excluding hydrogens is 346 g/mol. The van der Waals surface area contributed by atoms with Gasteiger partial charge in [0.05, 0.1) is 15.5 Å². The molecule has 0 aliphatic carbocycles. The van der Waals surface area contributed by atoms with Gasteiger partial charge in [-0.15, -0.1) is 11.3 Å². The normalized spacial score (nSPS) is 11.3. The Kier molecular flexibility index (Phi) is 5.51. The minimum absolute atomic E-state index is 0.0357. The van der Waals surface area contributed by atoms with E-state index in [2.05, 4.69) is 23.5 Å². The maximum Gasteiger partial charge on any atom is 0.262 e. The molecule has 24 heavy (non-hydrogen) atoms. The Morgan fingerprint density at radius 1 is 1.25 bits per heavy atom. The number of benzene rings is 1. The molecule has 0 saturated carbocycles. The minimum Gasteiger partial charge on any atom is -0.372 e. The SMILES string of the molecule is CCN(CC)c1ccc(NS(=O)(=O)c2csc(C(N)=O)c2)c(C)c1. The molecule has 2 rings (SSSR count). The number of nitrogens with one attached hydrogen (secondary N) is 1. The van der Waals surface area contributed by atoms with Gasteiger partial charge in [-0.05, 0) is 50.6 Å². The van der Waals surface area contributed by atoms with Gasteiger partial charge in [-0.3, -0.25) is 9.52 Å². The Morgan fingerprint density at radius 3 is 2.42 bits per heavy atom. The molecule has 0 aliphatic rings. The zero-order chi connectivity index (χ0) is 17.9. The van der Waals surface area contributed by atoms with Crippen LogP contribution in [0.4, 0.5) is 11.4 Å². The lowest BCUT2D eigenvalue weighted by atomic mass is 10.1. The van der Waals surface area contributed by atoms with Gasteiger partial charge in [-0.2, -0.15) is 0 Å².